The van der Waals surface area contributed by atoms with Crippen LogP contribution in [0.15, 0.2) is 6.33 Å². The van der Waals surface area contributed by atoms with Crippen molar-refractivity contribution in [1.29, 1.82) is 0 Å². The van der Waals surface area contributed by atoms with Crippen molar-refractivity contribution in [3.8, 4) is 0 Å². The summed E-state index contributed by atoms with van der Waals surface area (Å²) in [4.78, 5) is 12.9. The van der Waals surface area contributed by atoms with Crippen LogP contribution in [0.5, 0.6) is 0 Å². The van der Waals surface area contributed by atoms with Gasteiger partial charge in [-0.2, -0.15) is 0 Å². The molecular formula is C15H23N5O3. The Morgan fingerprint density at radius 3 is 2.91 bits per heavy atom. The van der Waals surface area contributed by atoms with E-state index in [0.29, 0.717) is 23.4 Å². The average Bonchev–Trinajstić information content (AvgIpc) is 3.08. The summed E-state index contributed by atoms with van der Waals surface area (Å²) in [5, 5.41) is 19.3. The van der Waals surface area contributed by atoms with Crippen molar-refractivity contribution in [2.75, 3.05) is 12.3 Å². The summed E-state index contributed by atoms with van der Waals surface area (Å²) in [6.07, 6.45) is 4.12. The van der Waals surface area contributed by atoms with Gasteiger partial charge in [0.25, 0.3) is 0 Å². The van der Waals surface area contributed by atoms with E-state index in [2.05, 4.69) is 21.9 Å². The summed E-state index contributed by atoms with van der Waals surface area (Å²) in [5.41, 5.74) is 7.09. The lowest BCUT2D eigenvalue weighted by Crippen LogP contribution is -2.24. The van der Waals surface area contributed by atoms with Gasteiger partial charge in [0.15, 0.2) is 17.0 Å². The summed E-state index contributed by atoms with van der Waals surface area (Å²) >= 11 is 0. The molecule has 0 radical (unpaired) electrons. The average molecular weight is 321 g/mol. The van der Waals surface area contributed by atoms with Gasteiger partial charge in [-0.25, -0.2) is 15.0 Å². The number of fused-ring (bicyclic) bond motifs is 1. The second-order valence-corrected chi connectivity index (χ2v) is 5.90. The number of aromatic nitrogens is 4. The summed E-state index contributed by atoms with van der Waals surface area (Å²) in [5.74, 6) is 1.17. The van der Waals surface area contributed by atoms with Gasteiger partial charge in [-0.05, 0) is 6.42 Å². The van der Waals surface area contributed by atoms with Gasteiger partial charge in [-0.15, -0.1) is 0 Å². The number of anilines is 1. The van der Waals surface area contributed by atoms with E-state index < -0.39 is 18.4 Å². The third kappa shape index (κ3) is 3.01. The molecule has 1 fully saturated rings. The molecule has 126 valence electrons. The smallest absolute Gasteiger partial charge is 0.167 e. The van der Waals surface area contributed by atoms with Crippen LogP contribution in [0.2, 0.25) is 0 Å². The van der Waals surface area contributed by atoms with Crippen LogP contribution in [-0.2, 0) is 11.2 Å². The lowest BCUT2D eigenvalue weighted by molar-refractivity contribution is -0.0440. The Labute approximate surface area is 134 Å². The minimum absolute atomic E-state index is 0.216. The number of aryl methyl sites for hydroxylation is 1. The lowest BCUT2D eigenvalue weighted by atomic mass is 10.2. The molecule has 0 aliphatic carbocycles. The van der Waals surface area contributed by atoms with E-state index in [9.17, 15) is 10.2 Å². The van der Waals surface area contributed by atoms with Crippen molar-refractivity contribution in [3.63, 3.8) is 0 Å². The minimum Gasteiger partial charge on any atom is -0.394 e. The van der Waals surface area contributed by atoms with Gasteiger partial charge < -0.3 is 20.7 Å². The molecule has 0 unspecified atom stereocenters. The number of aliphatic hydroxyl groups is 2. The van der Waals surface area contributed by atoms with Crippen molar-refractivity contribution in [2.24, 2.45) is 0 Å². The lowest BCUT2D eigenvalue weighted by Gasteiger charge is -2.16. The van der Waals surface area contributed by atoms with Crippen molar-refractivity contribution in [2.45, 2.75) is 57.5 Å². The topological polar surface area (TPSA) is 119 Å². The highest BCUT2D eigenvalue weighted by Gasteiger charge is 2.36. The first-order chi connectivity index (χ1) is 11.2. The number of ether oxygens (including phenoxy) is 1. The molecule has 2 aromatic rings. The summed E-state index contributed by atoms with van der Waals surface area (Å²) in [6, 6.07) is 0. The van der Waals surface area contributed by atoms with Crippen LogP contribution in [-0.4, -0.2) is 48.5 Å². The molecule has 0 bridgehead atoms. The number of unbranched alkanes of at least 4 members (excludes halogenated alkanes) is 2. The molecule has 1 saturated heterocycles. The van der Waals surface area contributed by atoms with Crippen LogP contribution in [0, 0.1) is 0 Å². The van der Waals surface area contributed by atoms with Crippen LogP contribution in [0.25, 0.3) is 11.2 Å². The highest BCUT2D eigenvalue weighted by atomic mass is 16.5. The largest absolute Gasteiger partial charge is 0.394 e. The first kappa shape index (κ1) is 16.1. The van der Waals surface area contributed by atoms with E-state index >= 15 is 0 Å². The Hall–Kier alpha value is -1.77. The van der Waals surface area contributed by atoms with Crippen molar-refractivity contribution < 1.29 is 14.9 Å². The molecule has 4 N–H and O–H groups in total. The van der Waals surface area contributed by atoms with Gasteiger partial charge >= 0.3 is 0 Å². The standard InChI is InChI=1S/C15H23N5O3/c1-2-3-4-5-11-19-13-14(16)17-8-18-15(13)20(11)12-6-9(22)10(7-21)23-12/h8-10,12,21-22H,2-7H2,1H3,(H2,16,17,18)/t9-,10+,12+/m0/s1. The molecule has 1 aliphatic heterocycles. The number of nitrogens with zero attached hydrogens (tertiary/aromatic N) is 4. The third-order valence-electron chi connectivity index (χ3n) is 4.25. The zero-order chi connectivity index (χ0) is 16.4. The maximum absolute atomic E-state index is 10.0. The van der Waals surface area contributed by atoms with E-state index in [1.54, 1.807) is 0 Å². The highest BCUT2D eigenvalue weighted by Crippen LogP contribution is 2.33. The molecule has 3 atom stereocenters. The Morgan fingerprint density at radius 1 is 1.39 bits per heavy atom. The second kappa shape index (κ2) is 6.77. The van der Waals surface area contributed by atoms with Crippen molar-refractivity contribution in [1.82, 2.24) is 19.5 Å². The fourth-order valence-corrected chi connectivity index (χ4v) is 3.02. The summed E-state index contributed by atoms with van der Waals surface area (Å²) in [7, 11) is 0. The van der Waals surface area contributed by atoms with E-state index in [1.807, 2.05) is 4.57 Å². The predicted octanol–water partition coefficient (Wildman–Crippen LogP) is 0.782. The van der Waals surface area contributed by atoms with Gasteiger partial charge in [-0.3, -0.25) is 4.57 Å². The van der Waals surface area contributed by atoms with Crippen LogP contribution < -0.4 is 5.73 Å². The van der Waals surface area contributed by atoms with Gasteiger partial charge in [0.1, 0.15) is 24.5 Å². The highest BCUT2D eigenvalue weighted by molar-refractivity contribution is 5.81. The minimum atomic E-state index is -0.704. The quantitative estimate of drug-likeness (QED) is 0.673. The fraction of sp³-hybridized carbons (Fsp3) is 0.667. The van der Waals surface area contributed by atoms with Crippen molar-refractivity contribution in [3.05, 3.63) is 12.2 Å². The van der Waals surface area contributed by atoms with Crippen LogP contribution >= 0.6 is 0 Å². The molecule has 8 nitrogen and oxygen atoms in total. The van der Waals surface area contributed by atoms with E-state index in [-0.39, 0.29) is 6.61 Å². The predicted molar refractivity (Wildman–Crippen MR) is 84.6 cm³/mol. The normalized spacial score (nSPS) is 24.6. The molecule has 0 saturated carbocycles. The van der Waals surface area contributed by atoms with Crippen LogP contribution in [0.3, 0.4) is 0 Å². The van der Waals surface area contributed by atoms with E-state index in [1.165, 1.54) is 6.33 Å². The van der Waals surface area contributed by atoms with Gasteiger partial charge in [-0.1, -0.05) is 19.8 Å². The van der Waals surface area contributed by atoms with E-state index in [4.69, 9.17) is 10.5 Å². The molecule has 3 heterocycles. The summed E-state index contributed by atoms with van der Waals surface area (Å²) < 4.78 is 7.67. The molecular weight excluding hydrogens is 298 g/mol. The Kier molecular flexibility index (Phi) is 4.74. The SMILES string of the molecule is CCCCCc1nc2c(N)ncnc2n1[C@H]1C[C@H](O)[C@@H](CO)O1. The third-order valence-corrected chi connectivity index (χ3v) is 4.25. The molecule has 3 rings (SSSR count). The number of imidazole rings is 1. The number of nitrogens with two attached hydrogens (primary N) is 1. The molecule has 0 spiro atoms. The molecule has 0 amide bonds. The molecule has 2 aromatic heterocycles. The monoisotopic (exact) mass is 321 g/mol. The van der Waals surface area contributed by atoms with Gasteiger partial charge in [0.2, 0.25) is 0 Å². The number of aliphatic hydroxyl groups excluding tert-OH is 2. The maximum Gasteiger partial charge on any atom is 0.167 e. The van der Waals surface area contributed by atoms with Gasteiger partial charge in [0, 0.05) is 12.8 Å². The molecule has 8 heteroatoms. The molecule has 23 heavy (non-hydrogen) atoms. The summed E-state index contributed by atoms with van der Waals surface area (Å²) in [6.45, 7) is 1.93. The van der Waals surface area contributed by atoms with Crippen molar-refractivity contribution >= 4 is 17.0 Å². The number of rotatable bonds is 6. The van der Waals surface area contributed by atoms with Gasteiger partial charge in [0.05, 0.1) is 12.7 Å². The Balaban J connectivity index is 1.99. The first-order valence-corrected chi connectivity index (χ1v) is 8.07. The molecule has 1 aliphatic rings. The van der Waals surface area contributed by atoms with Crippen LogP contribution in [0.1, 0.15) is 44.7 Å². The molecule has 0 aromatic carbocycles. The van der Waals surface area contributed by atoms with Crippen LogP contribution in [0.4, 0.5) is 5.82 Å². The second-order valence-electron chi connectivity index (χ2n) is 5.90. The number of hydrogen-bond acceptors (Lipinski definition) is 7. The number of nitrogen functional groups attached to an aromatic ring is 1. The van der Waals surface area contributed by atoms with E-state index in [0.717, 1.165) is 31.5 Å². The zero-order valence-electron chi connectivity index (χ0n) is 13.2. The fourth-order valence-electron chi connectivity index (χ4n) is 3.02. The Morgan fingerprint density at radius 2 is 2.22 bits per heavy atom. The Bertz CT molecular complexity index is 674. The number of hydrogen-bond donors (Lipinski definition) is 3. The zero-order valence-corrected chi connectivity index (χ0v) is 13.2. The maximum atomic E-state index is 10.0. The first-order valence-electron chi connectivity index (χ1n) is 8.07.